The number of ketones is 2. The van der Waals surface area contributed by atoms with Crippen LogP contribution in [0.3, 0.4) is 0 Å². The van der Waals surface area contributed by atoms with E-state index in [4.69, 9.17) is 0 Å². The summed E-state index contributed by atoms with van der Waals surface area (Å²) in [5.41, 5.74) is 0.391. The van der Waals surface area contributed by atoms with Crippen molar-refractivity contribution in [3.63, 3.8) is 0 Å². The molecular weight excluding hydrogens is 214 g/mol. The smallest absolute Gasteiger partial charge is 0.200 e. The Hall–Kier alpha value is -0.700. The van der Waals surface area contributed by atoms with Crippen LogP contribution >= 0.6 is 0 Å². The van der Waals surface area contributed by atoms with E-state index in [0.29, 0.717) is 11.5 Å². The van der Waals surface area contributed by atoms with Crippen LogP contribution in [0.4, 0.5) is 0 Å². The maximum atomic E-state index is 11.6. The minimum Gasteiger partial charge on any atom is -0.300 e. The molecule has 2 unspecified atom stereocenters. The van der Waals surface area contributed by atoms with Crippen molar-refractivity contribution in [3.05, 3.63) is 0 Å². The van der Waals surface area contributed by atoms with Crippen molar-refractivity contribution in [1.29, 1.82) is 0 Å². The first-order valence-electron chi connectivity index (χ1n) is 6.52. The van der Waals surface area contributed by atoms with Crippen LogP contribution in [-0.2, 0) is 9.59 Å². The second-order valence-corrected chi connectivity index (χ2v) is 6.29. The number of rotatable bonds is 5. The molecule has 0 saturated carbocycles. The molecule has 3 heteroatoms. The number of hydrogen-bond donors (Lipinski definition) is 0. The summed E-state index contributed by atoms with van der Waals surface area (Å²) in [7, 11) is 0. The predicted molar refractivity (Wildman–Crippen MR) is 68.9 cm³/mol. The molecule has 1 aliphatic heterocycles. The van der Waals surface area contributed by atoms with E-state index in [-0.39, 0.29) is 17.5 Å². The van der Waals surface area contributed by atoms with Gasteiger partial charge < -0.3 is 4.90 Å². The number of Topliss-reactive ketones (excluding diaryl/α,β-unsaturated/α-hetero) is 2. The van der Waals surface area contributed by atoms with Gasteiger partial charge in [0.05, 0.1) is 0 Å². The minimum atomic E-state index is -0.313. The SMILES string of the molecule is CC(=O)C(=O)C(C)CC(C)N1CCC(C)(C)C1. The van der Waals surface area contributed by atoms with Crippen molar-refractivity contribution in [2.24, 2.45) is 11.3 Å². The number of carbonyl (C=O) groups excluding carboxylic acids is 2. The molecule has 0 aliphatic carbocycles. The van der Waals surface area contributed by atoms with Gasteiger partial charge in [-0.25, -0.2) is 0 Å². The van der Waals surface area contributed by atoms with Crippen LogP contribution in [0.1, 0.15) is 47.5 Å². The molecule has 1 aliphatic rings. The van der Waals surface area contributed by atoms with Crippen LogP contribution in [0, 0.1) is 11.3 Å². The molecule has 17 heavy (non-hydrogen) atoms. The Balaban J connectivity index is 2.47. The highest BCUT2D eigenvalue weighted by molar-refractivity contribution is 6.36. The molecule has 1 fully saturated rings. The number of carbonyl (C=O) groups is 2. The Labute approximate surface area is 105 Å². The van der Waals surface area contributed by atoms with Gasteiger partial charge in [0.25, 0.3) is 0 Å². The van der Waals surface area contributed by atoms with Gasteiger partial charge in [-0.2, -0.15) is 0 Å². The molecule has 98 valence electrons. The van der Waals surface area contributed by atoms with Gasteiger partial charge in [0.1, 0.15) is 0 Å². The van der Waals surface area contributed by atoms with Crippen molar-refractivity contribution in [1.82, 2.24) is 4.90 Å². The topological polar surface area (TPSA) is 37.4 Å². The van der Waals surface area contributed by atoms with Gasteiger partial charge in [0.2, 0.25) is 5.78 Å². The summed E-state index contributed by atoms with van der Waals surface area (Å²) >= 11 is 0. The van der Waals surface area contributed by atoms with Gasteiger partial charge in [-0.15, -0.1) is 0 Å². The van der Waals surface area contributed by atoms with Crippen molar-refractivity contribution >= 4 is 11.6 Å². The number of hydrogen-bond acceptors (Lipinski definition) is 3. The third kappa shape index (κ3) is 3.91. The zero-order valence-electron chi connectivity index (χ0n) is 11.7. The van der Waals surface area contributed by atoms with Gasteiger partial charge in [-0.3, -0.25) is 9.59 Å². The first kappa shape index (κ1) is 14.4. The highest BCUT2D eigenvalue weighted by Crippen LogP contribution is 2.31. The average molecular weight is 239 g/mol. The van der Waals surface area contributed by atoms with E-state index in [9.17, 15) is 9.59 Å². The van der Waals surface area contributed by atoms with Crippen LogP contribution in [0.5, 0.6) is 0 Å². The Bertz CT molecular complexity index is 309. The summed E-state index contributed by atoms with van der Waals surface area (Å²) in [6, 6.07) is 0.384. The summed E-state index contributed by atoms with van der Waals surface area (Å²) in [4.78, 5) is 25.0. The fourth-order valence-electron chi connectivity index (χ4n) is 2.65. The Morgan fingerprint density at radius 2 is 1.88 bits per heavy atom. The lowest BCUT2D eigenvalue weighted by atomic mass is 9.92. The summed E-state index contributed by atoms with van der Waals surface area (Å²) in [5.74, 6) is -0.687. The highest BCUT2D eigenvalue weighted by Gasteiger charge is 2.32. The quantitative estimate of drug-likeness (QED) is 0.691. The van der Waals surface area contributed by atoms with Crippen LogP contribution in [0.15, 0.2) is 0 Å². The van der Waals surface area contributed by atoms with Gasteiger partial charge in [-0.1, -0.05) is 20.8 Å². The van der Waals surface area contributed by atoms with E-state index >= 15 is 0 Å². The molecule has 3 nitrogen and oxygen atoms in total. The van der Waals surface area contributed by atoms with Gasteiger partial charge in [0, 0.05) is 25.4 Å². The maximum Gasteiger partial charge on any atom is 0.200 e. The standard InChI is InChI=1S/C14H25NO2/c1-10(13(17)12(3)16)8-11(2)15-7-6-14(4,5)9-15/h10-11H,6-9H2,1-5H3. The third-order valence-electron chi connectivity index (χ3n) is 3.82. The number of likely N-dealkylation sites (tertiary alicyclic amines) is 1. The monoisotopic (exact) mass is 239 g/mol. The summed E-state index contributed by atoms with van der Waals surface area (Å²) in [6.45, 7) is 12.1. The lowest BCUT2D eigenvalue weighted by Gasteiger charge is -2.27. The fourth-order valence-corrected chi connectivity index (χ4v) is 2.65. The van der Waals surface area contributed by atoms with Gasteiger partial charge >= 0.3 is 0 Å². The maximum absolute atomic E-state index is 11.6. The van der Waals surface area contributed by atoms with Crippen molar-refractivity contribution in [3.8, 4) is 0 Å². The molecule has 0 aromatic heterocycles. The summed E-state index contributed by atoms with van der Waals surface area (Å²) in [5, 5.41) is 0. The zero-order chi connectivity index (χ0) is 13.2. The summed E-state index contributed by atoms with van der Waals surface area (Å²) in [6.07, 6.45) is 2.00. The molecule has 1 rings (SSSR count). The minimum absolute atomic E-state index is 0.147. The fraction of sp³-hybridized carbons (Fsp3) is 0.857. The van der Waals surface area contributed by atoms with E-state index in [2.05, 4.69) is 25.7 Å². The molecule has 0 N–H and O–H groups in total. The molecule has 0 aromatic rings. The number of nitrogens with zero attached hydrogens (tertiary/aromatic N) is 1. The van der Waals surface area contributed by atoms with Crippen molar-refractivity contribution in [2.45, 2.75) is 53.5 Å². The Morgan fingerprint density at radius 1 is 1.29 bits per heavy atom. The molecule has 0 radical (unpaired) electrons. The first-order valence-corrected chi connectivity index (χ1v) is 6.52. The predicted octanol–water partition coefficient (Wildman–Crippen LogP) is 2.29. The second-order valence-electron chi connectivity index (χ2n) is 6.29. The average Bonchev–Trinajstić information content (AvgIpc) is 2.57. The molecule has 0 aromatic carbocycles. The molecule has 2 atom stereocenters. The van der Waals surface area contributed by atoms with E-state index in [1.54, 1.807) is 0 Å². The van der Waals surface area contributed by atoms with E-state index < -0.39 is 0 Å². The third-order valence-corrected chi connectivity index (χ3v) is 3.82. The van der Waals surface area contributed by atoms with Crippen molar-refractivity contribution < 1.29 is 9.59 Å². The van der Waals surface area contributed by atoms with Gasteiger partial charge in [0.15, 0.2) is 5.78 Å². The van der Waals surface area contributed by atoms with Crippen LogP contribution in [-0.4, -0.2) is 35.6 Å². The summed E-state index contributed by atoms with van der Waals surface area (Å²) < 4.78 is 0. The zero-order valence-corrected chi connectivity index (χ0v) is 11.7. The molecule has 1 heterocycles. The Kier molecular flexibility index (Phi) is 4.48. The Morgan fingerprint density at radius 3 is 2.29 bits per heavy atom. The molecular formula is C14H25NO2. The molecule has 1 saturated heterocycles. The molecule has 0 spiro atoms. The van der Waals surface area contributed by atoms with Crippen molar-refractivity contribution in [2.75, 3.05) is 13.1 Å². The van der Waals surface area contributed by atoms with Crippen LogP contribution in [0.25, 0.3) is 0 Å². The van der Waals surface area contributed by atoms with E-state index in [0.717, 1.165) is 19.5 Å². The van der Waals surface area contributed by atoms with E-state index in [1.165, 1.54) is 13.3 Å². The molecule has 0 bridgehead atoms. The largest absolute Gasteiger partial charge is 0.300 e. The molecule has 0 amide bonds. The normalized spacial score (nSPS) is 23.4. The highest BCUT2D eigenvalue weighted by atomic mass is 16.2. The van der Waals surface area contributed by atoms with Crippen LogP contribution < -0.4 is 0 Å². The van der Waals surface area contributed by atoms with Crippen LogP contribution in [0.2, 0.25) is 0 Å². The lowest BCUT2D eigenvalue weighted by molar-refractivity contribution is -0.137. The lowest BCUT2D eigenvalue weighted by Crippen LogP contribution is -2.35. The van der Waals surface area contributed by atoms with Gasteiger partial charge in [-0.05, 0) is 31.7 Å². The first-order chi connectivity index (χ1) is 7.73. The van der Waals surface area contributed by atoms with E-state index in [1.807, 2.05) is 6.92 Å². The second kappa shape index (κ2) is 5.30.